The van der Waals surface area contributed by atoms with Gasteiger partial charge in [0.15, 0.2) is 0 Å². The zero-order valence-electron chi connectivity index (χ0n) is 29.9. The van der Waals surface area contributed by atoms with Crippen LogP contribution in [-0.4, -0.2) is 0 Å². The summed E-state index contributed by atoms with van der Waals surface area (Å²) in [7, 11) is 0. The highest BCUT2D eigenvalue weighted by Crippen LogP contribution is 2.50. The molecule has 52 heavy (non-hydrogen) atoms. The van der Waals surface area contributed by atoms with E-state index in [1.54, 1.807) is 0 Å². The van der Waals surface area contributed by atoms with Gasteiger partial charge in [-0.2, -0.15) is 0 Å². The summed E-state index contributed by atoms with van der Waals surface area (Å²) in [6.45, 7) is 8.37. The van der Waals surface area contributed by atoms with E-state index in [4.69, 9.17) is 51.4 Å². The van der Waals surface area contributed by atoms with Crippen molar-refractivity contribution in [3.63, 3.8) is 0 Å². The van der Waals surface area contributed by atoms with Crippen LogP contribution >= 0.6 is 0 Å². The van der Waals surface area contributed by atoms with Crippen molar-refractivity contribution in [3.8, 4) is 121 Å². The van der Waals surface area contributed by atoms with Crippen LogP contribution < -0.4 is 0 Å². The van der Waals surface area contributed by atoms with Crippen LogP contribution in [0.3, 0.4) is 0 Å². The number of hydrogen-bond acceptors (Lipinski definition) is 0. The Balaban J connectivity index is 1.69. The van der Waals surface area contributed by atoms with Gasteiger partial charge in [-0.1, -0.05) is 148 Å². The van der Waals surface area contributed by atoms with Crippen molar-refractivity contribution in [2.75, 3.05) is 0 Å². The first-order chi connectivity index (χ1) is 25.0. The molecule has 0 saturated heterocycles. The average molecular weight is 661 g/mol. The van der Waals surface area contributed by atoms with Gasteiger partial charge in [-0.25, -0.2) is 0 Å². The molecule has 0 fully saturated rings. The smallest absolute Gasteiger partial charge is 0.0596 e. The van der Waals surface area contributed by atoms with Crippen molar-refractivity contribution in [2.45, 2.75) is 38.5 Å². The third kappa shape index (κ3) is 5.79. The number of rotatable bonds is 6. The highest BCUT2D eigenvalue weighted by molar-refractivity contribution is 5.82. The summed E-state index contributed by atoms with van der Waals surface area (Å²) in [5, 5.41) is 0. The van der Waals surface area contributed by atoms with Gasteiger partial charge in [-0.15, -0.1) is 51.4 Å². The van der Waals surface area contributed by atoms with Crippen molar-refractivity contribution >= 4 is 0 Å². The lowest BCUT2D eigenvalue weighted by Gasteiger charge is -2.42. The molecule has 5 rings (SSSR count). The summed E-state index contributed by atoms with van der Waals surface area (Å²) >= 11 is 0. The van der Waals surface area contributed by atoms with Crippen molar-refractivity contribution in [1.29, 1.82) is 0 Å². The number of terminal acetylenes is 8. The predicted molar refractivity (Wildman–Crippen MR) is 218 cm³/mol. The molecule has 2 unspecified atom stereocenters. The van der Waals surface area contributed by atoms with Gasteiger partial charge in [0.2, 0.25) is 0 Å². The Morgan fingerprint density at radius 1 is 0.404 bits per heavy atom. The van der Waals surface area contributed by atoms with Gasteiger partial charge < -0.3 is 0 Å². The largest absolute Gasteiger partial charge is 0.119 e. The molecule has 0 spiro atoms. The van der Waals surface area contributed by atoms with Gasteiger partial charge in [-0.3, -0.25) is 0 Å². The molecule has 0 aromatic heterocycles. The molecule has 0 heterocycles. The second-order valence-corrected chi connectivity index (χ2v) is 13.6. The lowest BCUT2D eigenvalue weighted by atomic mass is 9.60. The molecule has 2 atom stereocenters. The monoisotopic (exact) mass is 660 g/mol. The summed E-state index contributed by atoms with van der Waals surface area (Å²) in [5.41, 5.74) is 9.39. The van der Waals surface area contributed by atoms with E-state index in [1.807, 2.05) is 72.8 Å². The average Bonchev–Trinajstić information content (AvgIpc) is 3.18. The van der Waals surface area contributed by atoms with Crippen LogP contribution in [0, 0.1) is 111 Å². The van der Waals surface area contributed by atoms with Crippen LogP contribution in [0.5, 0.6) is 0 Å². The fourth-order valence-electron chi connectivity index (χ4n) is 7.61. The molecule has 4 aromatic carbocycles. The maximum Gasteiger partial charge on any atom is 0.0596 e. The molecule has 1 aliphatic carbocycles. The Bertz CT molecular complexity index is 2370. The standard InChI is InChI=1S/C52H36/c1-13-35-25-21-23-27-43(35)45-29-31-47(39(17-5)37(45)15-3)51(9,10)49-33-34-50(42(20-8)41(49)19-7)52(11,12)48-32-30-46(38(16-4)40(48)18-6)44-28-24-22-26-36(44)14-2/h1-8,21-34,41-42H,9-12H3. The molecule has 244 valence electrons. The highest BCUT2D eigenvalue weighted by atomic mass is 14.4. The van der Waals surface area contributed by atoms with E-state index in [1.165, 1.54) is 0 Å². The van der Waals surface area contributed by atoms with Crippen molar-refractivity contribution in [3.05, 3.63) is 141 Å². The van der Waals surface area contributed by atoms with E-state index in [-0.39, 0.29) is 0 Å². The van der Waals surface area contributed by atoms with Crippen LogP contribution in [0.2, 0.25) is 0 Å². The minimum absolute atomic E-state index is 0.468. The molecule has 1 aliphatic rings. The first-order valence-corrected chi connectivity index (χ1v) is 16.7. The molecule has 0 heteroatoms. The Hall–Kier alpha value is -7.16. The quantitative estimate of drug-likeness (QED) is 0.181. The van der Waals surface area contributed by atoms with E-state index in [0.29, 0.717) is 22.3 Å². The molecule has 4 aromatic rings. The molecule has 0 saturated carbocycles. The Morgan fingerprint density at radius 3 is 1.06 bits per heavy atom. The summed E-state index contributed by atoms with van der Waals surface area (Å²) in [4.78, 5) is 0. The SMILES string of the molecule is C#Cc1ccccc1-c1ccc(C(C)(C)C2=CC=C(C(C)(C)c3ccc(-c4ccccc4C#C)c(C#C)c3C#C)C(C#C)C2C#C)c(C#C)c1C#C. The second kappa shape index (κ2) is 14.4. The Kier molecular flexibility index (Phi) is 9.98. The van der Waals surface area contributed by atoms with E-state index < -0.39 is 22.7 Å². The van der Waals surface area contributed by atoms with Crippen LogP contribution in [0.15, 0.2) is 96.1 Å². The van der Waals surface area contributed by atoms with Crippen molar-refractivity contribution < 1.29 is 0 Å². The third-order valence-corrected chi connectivity index (χ3v) is 10.3. The summed E-state index contributed by atoms with van der Waals surface area (Å²) < 4.78 is 0. The Morgan fingerprint density at radius 2 is 0.750 bits per heavy atom. The minimum atomic E-state index is -0.664. The van der Waals surface area contributed by atoms with Crippen LogP contribution in [0.25, 0.3) is 22.3 Å². The lowest BCUT2D eigenvalue weighted by Crippen LogP contribution is -2.36. The fraction of sp³-hybridized carbons (Fsp3) is 0.154. The maximum atomic E-state index is 6.37. The topological polar surface area (TPSA) is 0 Å². The van der Waals surface area contributed by atoms with Gasteiger partial charge in [0, 0.05) is 44.2 Å². The zero-order chi connectivity index (χ0) is 37.8. The molecule has 0 N–H and O–H groups in total. The summed E-state index contributed by atoms with van der Waals surface area (Å²) in [5.74, 6) is 22.2. The highest BCUT2D eigenvalue weighted by Gasteiger charge is 2.43. The molecule has 0 aliphatic heterocycles. The zero-order valence-corrected chi connectivity index (χ0v) is 29.9. The fourth-order valence-corrected chi connectivity index (χ4v) is 7.61. The van der Waals surface area contributed by atoms with Crippen LogP contribution in [-0.2, 0) is 10.8 Å². The molecule has 0 bridgehead atoms. The first-order valence-electron chi connectivity index (χ1n) is 16.7. The maximum absolute atomic E-state index is 6.37. The van der Waals surface area contributed by atoms with E-state index in [9.17, 15) is 0 Å². The number of allylic oxidation sites excluding steroid dienone is 4. The first kappa shape index (κ1) is 36.1. The molecular formula is C52H36. The van der Waals surface area contributed by atoms with Gasteiger partial charge in [0.05, 0.1) is 11.8 Å². The van der Waals surface area contributed by atoms with E-state index in [0.717, 1.165) is 55.7 Å². The van der Waals surface area contributed by atoms with Gasteiger partial charge in [-0.05, 0) is 56.7 Å². The van der Waals surface area contributed by atoms with Crippen molar-refractivity contribution in [2.24, 2.45) is 11.8 Å². The molecule has 0 amide bonds. The molecule has 0 radical (unpaired) electrons. The van der Waals surface area contributed by atoms with Crippen LogP contribution in [0.4, 0.5) is 0 Å². The minimum Gasteiger partial charge on any atom is -0.119 e. The number of benzene rings is 4. The summed E-state index contributed by atoms with van der Waals surface area (Å²) in [6.07, 6.45) is 53.3. The van der Waals surface area contributed by atoms with Gasteiger partial charge in [0.25, 0.3) is 0 Å². The molecule has 0 nitrogen and oxygen atoms in total. The predicted octanol–water partition coefficient (Wildman–Crippen LogP) is 9.53. The third-order valence-electron chi connectivity index (χ3n) is 10.3. The van der Waals surface area contributed by atoms with Gasteiger partial charge >= 0.3 is 0 Å². The van der Waals surface area contributed by atoms with E-state index >= 15 is 0 Å². The number of hydrogen-bond donors (Lipinski definition) is 0. The molecular weight excluding hydrogens is 625 g/mol. The summed E-state index contributed by atoms with van der Waals surface area (Å²) in [6, 6.07) is 23.3. The lowest BCUT2D eigenvalue weighted by molar-refractivity contribution is 0.457. The Labute approximate surface area is 310 Å². The van der Waals surface area contributed by atoms with E-state index in [2.05, 4.69) is 87.2 Å². The van der Waals surface area contributed by atoms with Crippen molar-refractivity contribution in [1.82, 2.24) is 0 Å². The second-order valence-electron chi connectivity index (χ2n) is 13.6. The van der Waals surface area contributed by atoms with Crippen LogP contribution in [0.1, 0.15) is 72.2 Å². The van der Waals surface area contributed by atoms with Gasteiger partial charge in [0.1, 0.15) is 0 Å². The normalized spacial score (nSPS) is 15.0.